The van der Waals surface area contributed by atoms with Crippen molar-refractivity contribution in [1.82, 2.24) is 5.32 Å². The van der Waals surface area contributed by atoms with Gasteiger partial charge in [0.2, 0.25) is 0 Å². The Bertz CT molecular complexity index is 738. The Morgan fingerprint density at radius 1 is 1.15 bits per heavy atom. The molecule has 1 N–H and O–H groups in total. The highest BCUT2D eigenvalue weighted by Gasteiger charge is 2.13. The maximum absolute atomic E-state index is 6.21. The largest absolute Gasteiger partial charge is 0.490 e. The van der Waals surface area contributed by atoms with Gasteiger partial charge in [0, 0.05) is 16.6 Å². The number of ether oxygens (including phenoxy) is 2. The number of rotatable bonds is 9. The SMILES string of the molecule is CCOc1cc(CNCCc2ccc(Cl)cc2Cl)cc(Br)c1OC(C)C. The fraction of sp³-hybridized carbons (Fsp3) is 0.400. The maximum atomic E-state index is 6.21. The van der Waals surface area contributed by atoms with Gasteiger partial charge in [-0.3, -0.25) is 0 Å². The summed E-state index contributed by atoms with van der Waals surface area (Å²) < 4.78 is 12.5. The van der Waals surface area contributed by atoms with Crippen LogP contribution < -0.4 is 14.8 Å². The summed E-state index contributed by atoms with van der Waals surface area (Å²) in [7, 11) is 0. The molecule has 0 amide bonds. The van der Waals surface area contributed by atoms with Crippen molar-refractivity contribution in [3.8, 4) is 11.5 Å². The number of nitrogens with one attached hydrogen (secondary N) is 1. The molecule has 0 aliphatic carbocycles. The van der Waals surface area contributed by atoms with Gasteiger partial charge >= 0.3 is 0 Å². The van der Waals surface area contributed by atoms with Crippen molar-refractivity contribution >= 4 is 39.1 Å². The van der Waals surface area contributed by atoms with Gasteiger partial charge in [-0.1, -0.05) is 29.3 Å². The van der Waals surface area contributed by atoms with Crippen molar-refractivity contribution < 1.29 is 9.47 Å². The molecule has 0 saturated carbocycles. The number of benzene rings is 2. The van der Waals surface area contributed by atoms with Crippen LogP contribution in [0.15, 0.2) is 34.8 Å². The zero-order valence-corrected chi connectivity index (χ0v) is 18.3. The van der Waals surface area contributed by atoms with Crippen molar-refractivity contribution in [2.75, 3.05) is 13.2 Å². The third kappa shape index (κ3) is 6.34. The summed E-state index contributed by atoms with van der Waals surface area (Å²) in [5.74, 6) is 1.51. The van der Waals surface area contributed by atoms with Gasteiger partial charge in [0.1, 0.15) is 0 Å². The average molecular weight is 461 g/mol. The first kappa shape index (κ1) is 21.4. The molecule has 0 atom stereocenters. The zero-order valence-electron chi connectivity index (χ0n) is 15.2. The van der Waals surface area contributed by atoms with E-state index in [1.165, 1.54) is 0 Å². The Labute approximate surface area is 174 Å². The summed E-state index contributed by atoms with van der Waals surface area (Å²) in [6.07, 6.45) is 0.919. The van der Waals surface area contributed by atoms with E-state index < -0.39 is 0 Å². The second kappa shape index (κ2) is 10.4. The molecule has 0 aromatic heterocycles. The number of hydrogen-bond donors (Lipinski definition) is 1. The molecular formula is C20H24BrCl2NO2. The molecule has 0 heterocycles. The van der Waals surface area contributed by atoms with Gasteiger partial charge in [-0.05, 0) is 85.1 Å². The Kier molecular flexibility index (Phi) is 8.55. The van der Waals surface area contributed by atoms with Crippen LogP contribution in [0.25, 0.3) is 0 Å². The van der Waals surface area contributed by atoms with Crippen LogP contribution in [0.3, 0.4) is 0 Å². The molecule has 6 heteroatoms. The minimum atomic E-state index is 0.0820. The van der Waals surface area contributed by atoms with E-state index in [0.717, 1.165) is 46.6 Å². The van der Waals surface area contributed by atoms with Gasteiger partial charge in [0.05, 0.1) is 17.2 Å². The molecular weight excluding hydrogens is 437 g/mol. The Hall–Kier alpha value is -0.940. The van der Waals surface area contributed by atoms with Gasteiger partial charge in [-0.15, -0.1) is 0 Å². The second-order valence-corrected chi connectivity index (χ2v) is 7.87. The van der Waals surface area contributed by atoms with Crippen molar-refractivity contribution in [3.63, 3.8) is 0 Å². The van der Waals surface area contributed by atoms with Crippen LogP contribution in [0.1, 0.15) is 31.9 Å². The van der Waals surface area contributed by atoms with Crippen molar-refractivity contribution in [2.45, 2.75) is 39.8 Å². The second-order valence-electron chi connectivity index (χ2n) is 6.17. The summed E-state index contributed by atoms with van der Waals surface area (Å²) in [5, 5.41) is 4.80. The predicted octanol–water partition coefficient (Wildman–Crippen LogP) is 6.27. The Morgan fingerprint density at radius 2 is 1.92 bits per heavy atom. The monoisotopic (exact) mass is 459 g/mol. The number of hydrogen-bond acceptors (Lipinski definition) is 3. The molecule has 0 spiro atoms. The normalized spacial score (nSPS) is 11.0. The van der Waals surface area contributed by atoms with Crippen LogP contribution in [0, 0.1) is 0 Å². The van der Waals surface area contributed by atoms with Gasteiger partial charge < -0.3 is 14.8 Å². The van der Waals surface area contributed by atoms with E-state index in [4.69, 9.17) is 32.7 Å². The summed E-state index contributed by atoms with van der Waals surface area (Å²) in [4.78, 5) is 0. The number of halogens is 3. The topological polar surface area (TPSA) is 30.5 Å². The molecule has 0 saturated heterocycles. The first-order chi connectivity index (χ1) is 12.4. The molecule has 2 rings (SSSR count). The first-order valence-electron chi connectivity index (χ1n) is 8.67. The first-order valence-corrected chi connectivity index (χ1v) is 10.2. The van der Waals surface area contributed by atoms with Gasteiger partial charge in [0.15, 0.2) is 11.5 Å². The Balaban J connectivity index is 1.98. The standard InChI is InChI=1S/C20H24BrCl2NO2/c1-4-25-19-10-14(9-17(21)20(19)26-13(2)3)12-24-8-7-15-5-6-16(22)11-18(15)23/h5-6,9-11,13,24H,4,7-8,12H2,1-3H3. The smallest absolute Gasteiger partial charge is 0.175 e. The van der Waals surface area contributed by atoms with Crippen LogP contribution in [-0.2, 0) is 13.0 Å². The molecule has 0 unspecified atom stereocenters. The third-order valence-electron chi connectivity index (χ3n) is 3.64. The average Bonchev–Trinajstić information content (AvgIpc) is 2.56. The van der Waals surface area contributed by atoms with Gasteiger partial charge in [-0.2, -0.15) is 0 Å². The summed E-state index contributed by atoms with van der Waals surface area (Å²) in [6.45, 7) is 8.10. The van der Waals surface area contributed by atoms with Crippen molar-refractivity contribution in [3.05, 3.63) is 56.0 Å². The van der Waals surface area contributed by atoms with E-state index in [0.29, 0.717) is 16.7 Å². The fourth-order valence-corrected chi connectivity index (χ4v) is 3.60. The fourth-order valence-electron chi connectivity index (χ4n) is 2.52. The molecule has 26 heavy (non-hydrogen) atoms. The van der Waals surface area contributed by atoms with Crippen LogP contribution in [-0.4, -0.2) is 19.3 Å². The van der Waals surface area contributed by atoms with E-state index in [1.807, 2.05) is 39.0 Å². The molecule has 0 aliphatic heterocycles. The molecule has 0 radical (unpaired) electrons. The van der Waals surface area contributed by atoms with E-state index in [9.17, 15) is 0 Å². The van der Waals surface area contributed by atoms with Crippen molar-refractivity contribution in [1.29, 1.82) is 0 Å². The summed E-state index contributed by atoms with van der Waals surface area (Å²) in [5.41, 5.74) is 2.21. The highest BCUT2D eigenvalue weighted by atomic mass is 79.9. The molecule has 142 valence electrons. The highest BCUT2D eigenvalue weighted by Crippen LogP contribution is 2.37. The predicted molar refractivity (Wildman–Crippen MR) is 113 cm³/mol. The quantitative estimate of drug-likeness (QED) is 0.447. The van der Waals surface area contributed by atoms with Gasteiger partial charge in [-0.25, -0.2) is 0 Å². The van der Waals surface area contributed by atoms with Crippen molar-refractivity contribution in [2.24, 2.45) is 0 Å². The van der Waals surface area contributed by atoms with E-state index in [1.54, 1.807) is 6.07 Å². The lowest BCUT2D eigenvalue weighted by Gasteiger charge is -2.17. The molecule has 2 aromatic carbocycles. The lowest BCUT2D eigenvalue weighted by Crippen LogP contribution is -2.17. The Morgan fingerprint density at radius 3 is 2.58 bits per heavy atom. The third-order valence-corrected chi connectivity index (χ3v) is 4.81. The van der Waals surface area contributed by atoms with Crippen LogP contribution in [0.4, 0.5) is 0 Å². The maximum Gasteiger partial charge on any atom is 0.175 e. The molecule has 0 bridgehead atoms. The molecule has 0 aliphatic rings. The van der Waals surface area contributed by atoms with E-state index in [-0.39, 0.29) is 6.10 Å². The minimum absolute atomic E-state index is 0.0820. The van der Waals surface area contributed by atoms with Crippen LogP contribution >= 0.6 is 39.1 Å². The van der Waals surface area contributed by atoms with Crippen LogP contribution in [0.2, 0.25) is 10.0 Å². The molecule has 2 aromatic rings. The lowest BCUT2D eigenvalue weighted by atomic mass is 10.1. The zero-order chi connectivity index (χ0) is 19.1. The molecule has 0 fully saturated rings. The van der Waals surface area contributed by atoms with Crippen LogP contribution in [0.5, 0.6) is 11.5 Å². The van der Waals surface area contributed by atoms with E-state index in [2.05, 4.69) is 27.3 Å². The summed E-state index contributed by atoms with van der Waals surface area (Å²) >= 11 is 15.7. The molecule has 3 nitrogen and oxygen atoms in total. The van der Waals surface area contributed by atoms with Gasteiger partial charge in [0.25, 0.3) is 0 Å². The summed E-state index contributed by atoms with van der Waals surface area (Å²) in [6, 6.07) is 9.68. The lowest BCUT2D eigenvalue weighted by molar-refractivity contribution is 0.222. The highest BCUT2D eigenvalue weighted by molar-refractivity contribution is 9.10. The minimum Gasteiger partial charge on any atom is -0.490 e. The van der Waals surface area contributed by atoms with E-state index >= 15 is 0 Å².